The van der Waals surface area contributed by atoms with Gasteiger partial charge >= 0.3 is 12.1 Å². The van der Waals surface area contributed by atoms with Gasteiger partial charge in [0, 0.05) is 13.2 Å². The number of carbonyl (C=O) groups is 1. The van der Waals surface area contributed by atoms with Crippen LogP contribution in [0, 0.1) is 0 Å². The number of halogens is 3. The zero-order chi connectivity index (χ0) is 26.3. The number of unbranched alkanes of at least 4 members (excludes halogenated alkanes) is 2. The summed E-state index contributed by atoms with van der Waals surface area (Å²) in [5.41, 5.74) is 0. The van der Waals surface area contributed by atoms with Crippen molar-refractivity contribution in [2.45, 2.75) is 86.9 Å². The normalized spacial score (nSPS) is 38.3. The molecule has 13 nitrogen and oxygen atoms in total. The third-order valence-electron chi connectivity index (χ3n) is 5.61. The van der Waals surface area contributed by atoms with E-state index >= 15 is 0 Å². The van der Waals surface area contributed by atoms with Crippen molar-refractivity contribution in [1.29, 1.82) is 0 Å². The van der Waals surface area contributed by atoms with Gasteiger partial charge < -0.3 is 60.0 Å². The Kier molecular flexibility index (Phi) is 11.5. The third-order valence-corrected chi connectivity index (χ3v) is 5.61. The average molecular weight is 523 g/mol. The lowest BCUT2D eigenvalue weighted by atomic mass is 9.97. The SMILES string of the molecule is O=C(NCCCCCO[C@@H]1O[C@H](CO)[C@@H](O[C@@H]2O[C@H](CO)[C@H](O)[C@H](O)[C@H]2O)[C@H](O)[C@H]1O)C(F)(F)F. The lowest BCUT2D eigenvalue weighted by molar-refractivity contribution is -0.359. The van der Waals surface area contributed by atoms with Crippen molar-refractivity contribution in [3.8, 4) is 0 Å². The highest BCUT2D eigenvalue weighted by Gasteiger charge is 2.50. The van der Waals surface area contributed by atoms with Crippen LogP contribution in [-0.2, 0) is 23.7 Å². The van der Waals surface area contributed by atoms with Crippen molar-refractivity contribution < 1.29 is 72.7 Å². The topological polar surface area (TPSA) is 208 Å². The molecule has 0 saturated carbocycles. The fourth-order valence-electron chi connectivity index (χ4n) is 3.60. The summed E-state index contributed by atoms with van der Waals surface area (Å²) in [6.45, 7) is -1.66. The zero-order valence-corrected chi connectivity index (χ0v) is 18.5. The first-order valence-electron chi connectivity index (χ1n) is 11.0. The quantitative estimate of drug-likeness (QED) is 0.124. The molecule has 0 unspecified atom stereocenters. The summed E-state index contributed by atoms with van der Waals surface area (Å²) < 4.78 is 57.7. The highest BCUT2D eigenvalue weighted by molar-refractivity contribution is 5.81. The minimum absolute atomic E-state index is 0.0297. The fourth-order valence-corrected chi connectivity index (χ4v) is 3.60. The molecule has 2 heterocycles. The molecule has 0 spiro atoms. The van der Waals surface area contributed by atoms with Crippen molar-refractivity contribution in [1.82, 2.24) is 5.32 Å². The van der Waals surface area contributed by atoms with Gasteiger partial charge in [-0.1, -0.05) is 0 Å². The largest absolute Gasteiger partial charge is 0.471 e. The molecule has 8 N–H and O–H groups in total. The second-order valence-electron chi connectivity index (χ2n) is 8.19. The molecule has 16 heteroatoms. The predicted molar refractivity (Wildman–Crippen MR) is 105 cm³/mol. The summed E-state index contributed by atoms with van der Waals surface area (Å²) in [4.78, 5) is 10.7. The molecule has 0 bridgehead atoms. The first-order valence-corrected chi connectivity index (χ1v) is 11.0. The van der Waals surface area contributed by atoms with E-state index in [0.29, 0.717) is 12.8 Å². The number of hydrogen-bond donors (Lipinski definition) is 8. The summed E-state index contributed by atoms with van der Waals surface area (Å²) in [5.74, 6) is -2.03. The Morgan fingerprint density at radius 2 is 1.40 bits per heavy atom. The molecule has 206 valence electrons. The first-order chi connectivity index (χ1) is 16.4. The van der Waals surface area contributed by atoms with Crippen LogP contribution < -0.4 is 5.32 Å². The van der Waals surface area contributed by atoms with Crippen LogP contribution in [0.15, 0.2) is 0 Å². The van der Waals surface area contributed by atoms with Gasteiger partial charge in [0.25, 0.3) is 0 Å². The number of carbonyl (C=O) groups excluding carboxylic acids is 1. The van der Waals surface area contributed by atoms with E-state index in [-0.39, 0.29) is 19.6 Å². The average Bonchev–Trinajstić information content (AvgIpc) is 2.81. The van der Waals surface area contributed by atoms with Gasteiger partial charge in [-0.3, -0.25) is 4.79 Å². The molecule has 0 aliphatic carbocycles. The second-order valence-corrected chi connectivity index (χ2v) is 8.19. The van der Waals surface area contributed by atoms with E-state index in [1.54, 1.807) is 5.32 Å². The van der Waals surface area contributed by atoms with Crippen LogP contribution in [-0.4, -0.2) is 136 Å². The summed E-state index contributed by atoms with van der Waals surface area (Å²) in [6.07, 6.45) is -19.7. The minimum atomic E-state index is -4.95. The Morgan fingerprint density at radius 1 is 0.800 bits per heavy atom. The number of hydrogen-bond acceptors (Lipinski definition) is 12. The summed E-state index contributed by atoms with van der Waals surface area (Å²) in [7, 11) is 0. The van der Waals surface area contributed by atoms with Crippen molar-refractivity contribution >= 4 is 5.91 Å². The van der Waals surface area contributed by atoms with Crippen LogP contribution >= 0.6 is 0 Å². The maximum Gasteiger partial charge on any atom is 0.471 e. The standard InChI is InChI=1S/C19H32F3NO12/c20-19(21,22)18(31)23-4-2-1-3-5-32-16-14(30)12(28)15(9(7-25)34-16)35-17-13(29)11(27)10(26)8(6-24)33-17/h8-17,24-30H,1-7H2,(H,23,31)/t8-,9-,10+,11+,12-,13-,14-,15-,16-,17+/m1/s1. The monoisotopic (exact) mass is 523 g/mol. The van der Waals surface area contributed by atoms with Crippen LogP contribution in [0.3, 0.4) is 0 Å². The van der Waals surface area contributed by atoms with E-state index in [1.807, 2.05) is 0 Å². The Morgan fingerprint density at radius 3 is 2.00 bits per heavy atom. The van der Waals surface area contributed by atoms with Crippen molar-refractivity contribution in [2.75, 3.05) is 26.4 Å². The van der Waals surface area contributed by atoms with Gasteiger partial charge in [0.2, 0.25) is 0 Å². The molecular formula is C19H32F3NO12. The molecule has 0 radical (unpaired) electrons. The molecule has 35 heavy (non-hydrogen) atoms. The van der Waals surface area contributed by atoms with Gasteiger partial charge in [-0.2, -0.15) is 13.2 Å². The Bertz CT molecular complexity index is 655. The highest BCUT2D eigenvalue weighted by Crippen LogP contribution is 2.29. The molecule has 0 aromatic carbocycles. The smallest absolute Gasteiger partial charge is 0.394 e. The number of amides is 1. The summed E-state index contributed by atoms with van der Waals surface area (Å²) >= 11 is 0. The first kappa shape index (κ1) is 30.0. The maximum absolute atomic E-state index is 12.1. The molecule has 2 fully saturated rings. The maximum atomic E-state index is 12.1. The van der Waals surface area contributed by atoms with Gasteiger partial charge in [-0.15, -0.1) is 0 Å². The number of aliphatic hydroxyl groups is 7. The molecule has 1 amide bonds. The van der Waals surface area contributed by atoms with Gasteiger partial charge in [-0.25, -0.2) is 0 Å². The fraction of sp³-hybridized carbons (Fsp3) is 0.947. The van der Waals surface area contributed by atoms with Gasteiger partial charge in [0.15, 0.2) is 12.6 Å². The van der Waals surface area contributed by atoms with E-state index < -0.39 is 86.7 Å². The highest BCUT2D eigenvalue weighted by atomic mass is 19.4. The van der Waals surface area contributed by atoms with Crippen LogP contribution in [0.25, 0.3) is 0 Å². The molecule has 2 rings (SSSR count). The molecule has 0 aromatic rings. The number of nitrogens with one attached hydrogen (secondary N) is 1. The summed E-state index contributed by atoms with van der Waals surface area (Å²) in [6, 6.07) is 0. The molecule has 2 saturated heterocycles. The van der Waals surface area contributed by atoms with E-state index in [2.05, 4.69) is 0 Å². The molecule has 2 aliphatic heterocycles. The van der Waals surface area contributed by atoms with E-state index in [0.717, 1.165) is 0 Å². The number of ether oxygens (including phenoxy) is 4. The van der Waals surface area contributed by atoms with Gasteiger partial charge in [0.1, 0.15) is 48.8 Å². The van der Waals surface area contributed by atoms with E-state index in [1.165, 1.54) is 0 Å². The minimum Gasteiger partial charge on any atom is -0.394 e. The number of rotatable bonds is 11. The number of aliphatic hydroxyl groups excluding tert-OH is 7. The predicted octanol–water partition coefficient (Wildman–Crippen LogP) is -3.52. The van der Waals surface area contributed by atoms with Crippen molar-refractivity contribution in [3.63, 3.8) is 0 Å². The van der Waals surface area contributed by atoms with Crippen LogP contribution in [0.1, 0.15) is 19.3 Å². The molecule has 2 aliphatic rings. The zero-order valence-electron chi connectivity index (χ0n) is 18.5. The van der Waals surface area contributed by atoms with E-state index in [4.69, 9.17) is 18.9 Å². The van der Waals surface area contributed by atoms with Crippen LogP contribution in [0.2, 0.25) is 0 Å². The van der Waals surface area contributed by atoms with Crippen molar-refractivity contribution in [3.05, 3.63) is 0 Å². The van der Waals surface area contributed by atoms with Crippen molar-refractivity contribution in [2.24, 2.45) is 0 Å². The lowest BCUT2D eigenvalue weighted by Crippen LogP contribution is -2.64. The number of alkyl halides is 3. The Labute approximate surface area is 198 Å². The second kappa shape index (κ2) is 13.4. The molecule has 0 aromatic heterocycles. The molecular weight excluding hydrogens is 491 g/mol. The third kappa shape index (κ3) is 7.90. The lowest BCUT2D eigenvalue weighted by Gasteiger charge is -2.45. The van der Waals surface area contributed by atoms with Crippen LogP contribution in [0.5, 0.6) is 0 Å². The molecule has 10 atom stereocenters. The van der Waals surface area contributed by atoms with E-state index in [9.17, 15) is 53.7 Å². The Hall–Kier alpha value is -1.18. The van der Waals surface area contributed by atoms with Crippen LogP contribution in [0.4, 0.5) is 13.2 Å². The summed E-state index contributed by atoms with van der Waals surface area (Å²) in [5, 5.41) is 71.2. The van der Waals surface area contributed by atoms with Gasteiger partial charge in [0.05, 0.1) is 13.2 Å². The van der Waals surface area contributed by atoms with Gasteiger partial charge in [-0.05, 0) is 19.3 Å². The Balaban J connectivity index is 1.82.